The number of hydrogen-bond donors (Lipinski definition) is 1. The monoisotopic (exact) mass is 287 g/mol. The molecule has 0 radical (unpaired) electrons. The Balaban J connectivity index is 1.95. The molecule has 0 amide bonds. The van der Waals surface area contributed by atoms with Gasteiger partial charge in [0.15, 0.2) is 0 Å². The fourth-order valence-electron chi connectivity index (χ4n) is 2.64. The third-order valence-corrected chi connectivity index (χ3v) is 4.11. The van der Waals surface area contributed by atoms with Crippen LogP contribution in [-0.2, 0) is 6.42 Å². The van der Waals surface area contributed by atoms with Gasteiger partial charge in [0.05, 0.1) is 12.6 Å². The van der Waals surface area contributed by atoms with Gasteiger partial charge in [-0.2, -0.15) is 0 Å². The molecular weight excluding hydrogens is 270 g/mol. The van der Waals surface area contributed by atoms with Gasteiger partial charge < -0.3 is 10.5 Å². The Hall–Kier alpha value is -1.51. The van der Waals surface area contributed by atoms with E-state index in [-0.39, 0.29) is 6.04 Å². The van der Waals surface area contributed by atoms with E-state index in [1.165, 1.54) is 5.56 Å². The molecule has 0 saturated heterocycles. The summed E-state index contributed by atoms with van der Waals surface area (Å²) in [6.45, 7) is 2.83. The minimum absolute atomic E-state index is 0.199. The van der Waals surface area contributed by atoms with E-state index < -0.39 is 0 Å². The van der Waals surface area contributed by atoms with Crippen LogP contribution in [0.1, 0.15) is 34.7 Å². The minimum atomic E-state index is -0.199. The maximum atomic E-state index is 6.38. The van der Waals surface area contributed by atoms with Gasteiger partial charge >= 0.3 is 0 Å². The third kappa shape index (κ3) is 2.54. The normalized spacial score (nSPS) is 15.3. The quantitative estimate of drug-likeness (QED) is 0.905. The molecule has 1 atom stereocenters. The van der Waals surface area contributed by atoms with Crippen molar-refractivity contribution in [1.82, 2.24) is 0 Å². The first-order chi connectivity index (χ1) is 9.65. The van der Waals surface area contributed by atoms with Gasteiger partial charge in [0.25, 0.3) is 0 Å². The van der Waals surface area contributed by atoms with Crippen molar-refractivity contribution in [2.24, 2.45) is 5.73 Å². The van der Waals surface area contributed by atoms with Crippen LogP contribution in [0.5, 0.6) is 5.75 Å². The first-order valence-electron chi connectivity index (χ1n) is 6.92. The summed E-state index contributed by atoms with van der Waals surface area (Å²) in [7, 11) is 0. The van der Waals surface area contributed by atoms with Crippen LogP contribution >= 0.6 is 11.6 Å². The van der Waals surface area contributed by atoms with Crippen LogP contribution in [0.15, 0.2) is 36.4 Å². The number of aryl methyl sites for hydroxylation is 2. The van der Waals surface area contributed by atoms with Crippen molar-refractivity contribution in [1.29, 1.82) is 0 Å². The minimum Gasteiger partial charge on any atom is -0.493 e. The molecule has 2 nitrogen and oxygen atoms in total. The summed E-state index contributed by atoms with van der Waals surface area (Å²) in [6, 6.07) is 12.0. The van der Waals surface area contributed by atoms with Gasteiger partial charge in [0, 0.05) is 5.02 Å². The number of fused-ring (bicyclic) bond motifs is 1. The highest BCUT2D eigenvalue weighted by Crippen LogP contribution is 2.31. The molecule has 0 saturated carbocycles. The number of benzene rings is 2. The summed E-state index contributed by atoms with van der Waals surface area (Å²) < 4.78 is 5.64. The van der Waals surface area contributed by atoms with Gasteiger partial charge in [-0.15, -0.1) is 0 Å². The summed E-state index contributed by atoms with van der Waals surface area (Å²) in [4.78, 5) is 0. The lowest BCUT2D eigenvalue weighted by molar-refractivity contribution is 0.288. The second-order valence-electron chi connectivity index (χ2n) is 5.32. The van der Waals surface area contributed by atoms with E-state index in [0.717, 1.165) is 46.9 Å². The van der Waals surface area contributed by atoms with Gasteiger partial charge in [-0.05, 0) is 54.2 Å². The molecule has 2 aromatic carbocycles. The van der Waals surface area contributed by atoms with E-state index in [4.69, 9.17) is 22.1 Å². The molecule has 1 aliphatic rings. The smallest absolute Gasteiger partial charge is 0.122 e. The standard InChI is InChI=1S/C17H18ClNO/c1-11-4-6-14(15(18)9-11)17(19)13-5-7-16-12(10-13)3-2-8-20-16/h4-7,9-10,17H,2-3,8,19H2,1H3. The molecule has 0 bridgehead atoms. The molecule has 0 aliphatic carbocycles. The first kappa shape index (κ1) is 13.5. The fraction of sp³-hybridized carbons (Fsp3) is 0.294. The second-order valence-corrected chi connectivity index (χ2v) is 5.73. The number of nitrogens with two attached hydrogens (primary N) is 1. The number of halogens is 1. The molecular formula is C17H18ClNO. The Bertz CT molecular complexity index is 639. The van der Waals surface area contributed by atoms with Gasteiger partial charge in [-0.1, -0.05) is 35.9 Å². The molecule has 3 heteroatoms. The Morgan fingerprint density at radius 2 is 2.05 bits per heavy atom. The number of hydrogen-bond acceptors (Lipinski definition) is 2. The highest BCUT2D eigenvalue weighted by atomic mass is 35.5. The molecule has 1 aliphatic heterocycles. The largest absolute Gasteiger partial charge is 0.493 e. The molecule has 1 heterocycles. The number of ether oxygens (including phenoxy) is 1. The zero-order chi connectivity index (χ0) is 14.1. The fourth-order valence-corrected chi connectivity index (χ4v) is 2.99. The van der Waals surface area contributed by atoms with Crippen LogP contribution < -0.4 is 10.5 Å². The van der Waals surface area contributed by atoms with Crippen LogP contribution in [0.3, 0.4) is 0 Å². The molecule has 0 spiro atoms. The third-order valence-electron chi connectivity index (χ3n) is 3.78. The van der Waals surface area contributed by atoms with E-state index in [1.54, 1.807) is 0 Å². The van der Waals surface area contributed by atoms with Crippen LogP contribution in [0.2, 0.25) is 5.02 Å². The Morgan fingerprint density at radius 3 is 2.85 bits per heavy atom. The average Bonchev–Trinajstić information content (AvgIpc) is 2.46. The summed E-state index contributed by atoms with van der Waals surface area (Å²) in [5, 5.41) is 0.728. The highest BCUT2D eigenvalue weighted by Gasteiger charge is 2.16. The predicted molar refractivity (Wildman–Crippen MR) is 82.5 cm³/mol. The molecule has 104 valence electrons. The summed E-state index contributed by atoms with van der Waals surface area (Å²) in [6.07, 6.45) is 2.12. The van der Waals surface area contributed by atoms with E-state index in [2.05, 4.69) is 6.07 Å². The van der Waals surface area contributed by atoms with Crippen molar-refractivity contribution in [2.75, 3.05) is 6.61 Å². The van der Waals surface area contributed by atoms with E-state index in [1.807, 2.05) is 37.3 Å². The second kappa shape index (κ2) is 5.47. The van der Waals surface area contributed by atoms with Crippen LogP contribution in [0, 0.1) is 6.92 Å². The lowest BCUT2D eigenvalue weighted by atomic mass is 9.95. The summed E-state index contributed by atoms with van der Waals surface area (Å²) in [5.74, 6) is 0.988. The van der Waals surface area contributed by atoms with Crippen LogP contribution in [0.4, 0.5) is 0 Å². The van der Waals surface area contributed by atoms with Gasteiger partial charge in [-0.3, -0.25) is 0 Å². The van der Waals surface area contributed by atoms with E-state index in [9.17, 15) is 0 Å². The first-order valence-corrected chi connectivity index (χ1v) is 7.30. The Morgan fingerprint density at radius 1 is 1.20 bits per heavy atom. The van der Waals surface area contributed by atoms with Gasteiger partial charge in [0.2, 0.25) is 0 Å². The number of rotatable bonds is 2. The molecule has 2 aromatic rings. The van der Waals surface area contributed by atoms with Crippen LogP contribution in [0.25, 0.3) is 0 Å². The van der Waals surface area contributed by atoms with Crippen molar-refractivity contribution in [2.45, 2.75) is 25.8 Å². The molecule has 0 aromatic heterocycles. The molecule has 2 N–H and O–H groups in total. The summed E-state index contributed by atoms with van der Waals surface area (Å²) >= 11 is 6.31. The average molecular weight is 288 g/mol. The van der Waals surface area contributed by atoms with Gasteiger partial charge in [0.1, 0.15) is 5.75 Å². The lowest BCUT2D eigenvalue weighted by Gasteiger charge is -2.20. The van der Waals surface area contributed by atoms with E-state index in [0.29, 0.717) is 0 Å². The van der Waals surface area contributed by atoms with Crippen molar-refractivity contribution in [3.63, 3.8) is 0 Å². The molecule has 3 rings (SSSR count). The molecule has 1 unspecified atom stereocenters. The lowest BCUT2D eigenvalue weighted by Crippen LogP contribution is -2.14. The highest BCUT2D eigenvalue weighted by molar-refractivity contribution is 6.31. The zero-order valence-corrected chi connectivity index (χ0v) is 12.3. The topological polar surface area (TPSA) is 35.2 Å². The molecule has 0 fully saturated rings. The van der Waals surface area contributed by atoms with Gasteiger partial charge in [-0.25, -0.2) is 0 Å². The molecule has 20 heavy (non-hydrogen) atoms. The zero-order valence-electron chi connectivity index (χ0n) is 11.5. The van der Waals surface area contributed by atoms with Crippen LogP contribution in [-0.4, -0.2) is 6.61 Å². The predicted octanol–water partition coefficient (Wildman–Crippen LogP) is 4.02. The Labute approximate surface area is 124 Å². The SMILES string of the molecule is Cc1ccc(C(N)c2ccc3c(c2)CCCO3)c(Cl)c1. The van der Waals surface area contributed by atoms with Crippen molar-refractivity contribution in [3.05, 3.63) is 63.7 Å². The van der Waals surface area contributed by atoms with Crippen molar-refractivity contribution in [3.8, 4) is 5.75 Å². The Kier molecular flexibility index (Phi) is 3.68. The summed E-state index contributed by atoms with van der Waals surface area (Å²) in [5.41, 5.74) is 10.8. The maximum absolute atomic E-state index is 6.38. The van der Waals surface area contributed by atoms with Crippen molar-refractivity contribution >= 4 is 11.6 Å². The van der Waals surface area contributed by atoms with E-state index >= 15 is 0 Å². The maximum Gasteiger partial charge on any atom is 0.122 e. The van der Waals surface area contributed by atoms with Crippen molar-refractivity contribution < 1.29 is 4.74 Å².